The van der Waals surface area contributed by atoms with E-state index in [1.165, 1.54) is 43.4 Å². The van der Waals surface area contributed by atoms with Gasteiger partial charge in [-0.05, 0) is 31.9 Å². The van der Waals surface area contributed by atoms with Crippen LogP contribution in [0.15, 0.2) is 24.3 Å². The number of rotatable bonds is 5. The van der Waals surface area contributed by atoms with Gasteiger partial charge in [-0.25, -0.2) is 0 Å². The molecular formula is C20H31N3O. The summed E-state index contributed by atoms with van der Waals surface area (Å²) in [5, 5.41) is 3.22. The Morgan fingerprint density at radius 2 is 1.71 bits per heavy atom. The molecule has 0 spiro atoms. The number of piperazine rings is 1. The van der Waals surface area contributed by atoms with Gasteiger partial charge in [0.25, 0.3) is 0 Å². The lowest BCUT2D eigenvalue weighted by atomic mass is 9.95. The second kappa shape index (κ2) is 8.52. The topological polar surface area (TPSA) is 35.6 Å². The molecule has 2 fully saturated rings. The zero-order chi connectivity index (χ0) is 16.8. The molecule has 0 radical (unpaired) electrons. The van der Waals surface area contributed by atoms with Crippen molar-refractivity contribution in [2.45, 2.75) is 51.5 Å². The first-order valence-corrected chi connectivity index (χ1v) is 9.54. The number of nitrogens with zero attached hydrogens (tertiary/aromatic N) is 2. The molecule has 1 aliphatic heterocycles. The molecular weight excluding hydrogens is 298 g/mol. The Kier molecular flexibility index (Phi) is 6.13. The van der Waals surface area contributed by atoms with Crippen molar-refractivity contribution in [1.82, 2.24) is 10.2 Å². The zero-order valence-corrected chi connectivity index (χ0v) is 15.0. The smallest absolute Gasteiger partial charge is 0.221 e. The van der Waals surface area contributed by atoms with E-state index >= 15 is 0 Å². The van der Waals surface area contributed by atoms with Crippen LogP contribution in [0.1, 0.15) is 44.1 Å². The van der Waals surface area contributed by atoms with Gasteiger partial charge in [0.15, 0.2) is 0 Å². The Morgan fingerprint density at radius 1 is 1.04 bits per heavy atom. The summed E-state index contributed by atoms with van der Waals surface area (Å²) in [6.45, 7) is 7.20. The van der Waals surface area contributed by atoms with Gasteiger partial charge in [-0.3, -0.25) is 9.69 Å². The molecule has 24 heavy (non-hydrogen) atoms. The summed E-state index contributed by atoms with van der Waals surface area (Å²) < 4.78 is 0. The van der Waals surface area contributed by atoms with Gasteiger partial charge in [0.2, 0.25) is 5.91 Å². The fraction of sp³-hybridized carbons (Fsp3) is 0.650. The van der Waals surface area contributed by atoms with Crippen molar-refractivity contribution in [2.75, 3.05) is 37.6 Å². The molecule has 4 heteroatoms. The zero-order valence-electron chi connectivity index (χ0n) is 15.0. The molecule has 4 nitrogen and oxygen atoms in total. The predicted molar refractivity (Wildman–Crippen MR) is 99.5 cm³/mol. The number of hydrogen-bond donors (Lipinski definition) is 1. The van der Waals surface area contributed by atoms with Gasteiger partial charge in [-0.1, -0.05) is 37.0 Å². The minimum atomic E-state index is 0.239. The summed E-state index contributed by atoms with van der Waals surface area (Å²) in [5.41, 5.74) is 2.62. The monoisotopic (exact) mass is 329 g/mol. The number of carbonyl (C=O) groups excluding carboxylic acids is 1. The molecule has 1 aromatic carbocycles. The van der Waals surface area contributed by atoms with E-state index in [9.17, 15) is 4.79 Å². The Hall–Kier alpha value is -1.55. The van der Waals surface area contributed by atoms with Crippen molar-refractivity contribution >= 4 is 11.6 Å². The standard InChI is InChI=1S/C20H31N3O/c1-17-7-9-19(10-8-17)23-15-13-22(14-16-23)12-11-20(24)21-18-5-3-2-4-6-18/h7-10,18H,2-6,11-16H2,1H3,(H,21,24). The number of anilines is 1. The van der Waals surface area contributed by atoms with E-state index < -0.39 is 0 Å². The van der Waals surface area contributed by atoms with Crippen LogP contribution in [-0.4, -0.2) is 49.6 Å². The van der Waals surface area contributed by atoms with Gasteiger partial charge >= 0.3 is 0 Å². The number of amides is 1. The maximum absolute atomic E-state index is 12.1. The van der Waals surface area contributed by atoms with Crippen molar-refractivity contribution in [3.63, 3.8) is 0 Å². The van der Waals surface area contributed by atoms with Crippen LogP contribution in [0, 0.1) is 6.92 Å². The van der Waals surface area contributed by atoms with E-state index in [1.807, 2.05) is 0 Å². The van der Waals surface area contributed by atoms with Gasteiger partial charge in [0, 0.05) is 50.9 Å². The van der Waals surface area contributed by atoms with E-state index in [0.29, 0.717) is 12.5 Å². The summed E-state index contributed by atoms with van der Waals surface area (Å²) in [7, 11) is 0. The highest BCUT2D eigenvalue weighted by Gasteiger charge is 2.19. The van der Waals surface area contributed by atoms with Crippen molar-refractivity contribution in [3.05, 3.63) is 29.8 Å². The normalized spacial score (nSPS) is 20.1. The Bertz CT molecular complexity index is 514. The number of nitrogens with one attached hydrogen (secondary N) is 1. The molecule has 1 aliphatic carbocycles. The molecule has 1 heterocycles. The van der Waals surface area contributed by atoms with Crippen LogP contribution in [0.3, 0.4) is 0 Å². The van der Waals surface area contributed by atoms with Crippen LogP contribution in [0.5, 0.6) is 0 Å². The molecule has 1 saturated heterocycles. The van der Waals surface area contributed by atoms with E-state index in [2.05, 4.69) is 46.3 Å². The van der Waals surface area contributed by atoms with Crippen molar-refractivity contribution in [2.24, 2.45) is 0 Å². The first kappa shape index (κ1) is 17.3. The molecule has 1 N–H and O–H groups in total. The van der Waals surface area contributed by atoms with Gasteiger partial charge in [-0.2, -0.15) is 0 Å². The Balaban J connectivity index is 1.36. The Labute approximate surface area is 146 Å². The first-order chi connectivity index (χ1) is 11.7. The summed E-state index contributed by atoms with van der Waals surface area (Å²) >= 11 is 0. The summed E-state index contributed by atoms with van der Waals surface area (Å²) in [4.78, 5) is 17.0. The average Bonchev–Trinajstić information content (AvgIpc) is 2.62. The summed E-state index contributed by atoms with van der Waals surface area (Å²) in [6, 6.07) is 9.21. The molecule has 0 unspecified atom stereocenters. The molecule has 0 bridgehead atoms. The molecule has 132 valence electrons. The van der Waals surface area contributed by atoms with Gasteiger partial charge in [-0.15, -0.1) is 0 Å². The Morgan fingerprint density at radius 3 is 2.38 bits per heavy atom. The molecule has 2 aliphatic rings. The van der Waals surface area contributed by atoms with Crippen molar-refractivity contribution < 1.29 is 4.79 Å². The number of aryl methyl sites for hydroxylation is 1. The quantitative estimate of drug-likeness (QED) is 0.902. The highest BCUT2D eigenvalue weighted by molar-refractivity contribution is 5.76. The third kappa shape index (κ3) is 4.97. The largest absolute Gasteiger partial charge is 0.369 e. The van der Waals surface area contributed by atoms with Crippen molar-refractivity contribution in [1.29, 1.82) is 0 Å². The third-order valence-corrected chi connectivity index (χ3v) is 5.40. The SMILES string of the molecule is Cc1ccc(N2CCN(CCC(=O)NC3CCCCC3)CC2)cc1. The lowest BCUT2D eigenvalue weighted by Gasteiger charge is -2.36. The summed E-state index contributed by atoms with van der Waals surface area (Å²) in [5.74, 6) is 0.239. The van der Waals surface area contributed by atoms with E-state index in [4.69, 9.17) is 0 Å². The van der Waals surface area contributed by atoms with Crippen LogP contribution < -0.4 is 10.2 Å². The average molecular weight is 329 g/mol. The van der Waals surface area contributed by atoms with Crippen LogP contribution in [0.25, 0.3) is 0 Å². The van der Waals surface area contributed by atoms with Gasteiger partial charge in [0.1, 0.15) is 0 Å². The van der Waals surface area contributed by atoms with E-state index in [0.717, 1.165) is 32.7 Å². The number of hydrogen-bond acceptors (Lipinski definition) is 3. The maximum Gasteiger partial charge on any atom is 0.221 e. The lowest BCUT2D eigenvalue weighted by molar-refractivity contribution is -0.122. The first-order valence-electron chi connectivity index (χ1n) is 9.54. The minimum absolute atomic E-state index is 0.239. The van der Waals surface area contributed by atoms with E-state index in [-0.39, 0.29) is 5.91 Å². The van der Waals surface area contributed by atoms with Crippen LogP contribution in [0.2, 0.25) is 0 Å². The van der Waals surface area contributed by atoms with Gasteiger partial charge < -0.3 is 10.2 Å². The molecule has 0 aromatic heterocycles. The van der Waals surface area contributed by atoms with E-state index in [1.54, 1.807) is 0 Å². The van der Waals surface area contributed by atoms with Gasteiger partial charge in [0.05, 0.1) is 0 Å². The second-order valence-electron chi connectivity index (χ2n) is 7.32. The third-order valence-electron chi connectivity index (χ3n) is 5.40. The fourth-order valence-corrected chi connectivity index (χ4v) is 3.79. The molecule has 3 rings (SSSR count). The van der Waals surface area contributed by atoms with Crippen LogP contribution >= 0.6 is 0 Å². The number of benzene rings is 1. The summed E-state index contributed by atoms with van der Waals surface area (Å²) in [6.07, 6.45) is 6.85. The molecule has 0 atom stereocenters. The maximum atomic E-state index is 12.1. The molecule has 1 aromatic rings. The predicted octanol–water partition coefficient (Wildman–Crippen LogP) is 2.96. The highest BCUT2D eigenvalue weighted by Crippen LogP contribution is 2.18. The lowest BCUT2D eigenvalue weighted by Crippen LogP contribution is -2.47. The molecule has 1 amide bonds. The number of carbonyl (C=O) groups is 1. The molecule has 1 saturated carbocycles. The second-order valence-corrected chi connectivity index (χ2v) is 7.32. The highest BCUT2D eigenvalue weighted by atomic mass is 16.1. The van der Waals surface area contributed by atoms with Crippen molar-refractivity contribution in [3.8, 4) is 0 Å². The fourth-order valence-electron chi connectivity index (χ4n) is 3.79. The minimum Gasteiger partial charge on any atom is -0.369 e. The van der Waals surface area contributed by atoms with Crippen LogP contribution in [0.4, 0.5) is 5.69 Å². The van der Waals surface area contributed by atoms with Crippen LogP contribution in [-0.2, 0) is 4.79 Å².